The standard InChI is InChI=1S/C29H38N2O6/c1-20(35-21(2)33)28(34)30-17-22-6-12-25(13-7-22)29-36-26(18-31-14-4-3-5-15-31)16-27(37-29)24-10-8-23(19-32)9-11-24/h6-13,20,26-27,29,32H,3-5,14-19H2,1-2H3,(H,30,34). The van der Waals surface area contributed by atoms with Crippen LogP contribution in [0, 0.1) is 0 Å². The minimum Gasteiger partial charge on any atom is -0.453 e. The third kappa shape index (κ3) is 7.85. The van der Waals surface area contributed by atoms with E-state index >= 15 is 0 Å². The van der Waals surface area contributed by atoms with E-state index in [4.69, 9.17) is 14.2 Å². The smallest absolute Gasteiger partial charge is 0.303 e. The molecule has 37 heavy (non-hydrogen) atoms. The number of nitrogens with one attached hydrogen (secondary N) is 1. The van der Waals surface area contributed by atoms with Gasteiger partial charge in [-0.3, -0.25) is 9.59 Å². The molecule has 0 aromatic heterocycles. The van der Waals surface area contributed by atoms with Gasteiger partial charge >= 0.3 is 5.97 Å². The highest BCUT2D eigenvalue weighted by atomic mass is 16.7. The zero-order chi connectivity index (χ0) is 26.2. The monoisotopic (exact) mass is 510 g/mol. The van der Waals surface area contributed by atoms with E-state index in [1.165, 1.54) is 26.2 Å². The topological polar surface area (TPSA) is 97.3 Å². The van der Waals surface area contributed by atoms with E-state index in [1.54, 1.807) is 6.92 Å². The fourth-order valence-electron chi connectivity index (χ4n) is 4.89. The van der Waals surface area contributed by atoms with Gasteiger partial charge < -0.3 is 29.5 Å². The maximum atomic E-state index is 12.1. The average molecular weight is 511 g/mol. The first-order valence-electron chi connectivity index (χ1n) is 13.2. The summed E-state index contributed by atoms with van der Waals surface area (Å²) in [5.74, 6) is -0.824. The lowest BCUT2D eigenvalue weighted by molar-refractivity contribution is -0.253. The highest BCUT2D eigenvalue weighted by molar-refractivity contribution is 5.82. The molecule has 2 aliphatic heterocycles. The summed E-state index contributed by atoms with van der Waals surface area (Å²) >= 11 is 0. The van der Waals surface area contributed by atoms with Crippen LogP contribution in [0.15, 0.2) is 48.5 Å². The highest BCUT2D eigenvalue weighted by Crippen LogP contribution is 2.38. The van der Waals surface area contributed by atoms with E-state index in [0.717, 1.165) is 48.3 Å². The quantitative estimate of drug-likeness (QED) is 0.496. The number of rotatable bonds is 9. The van der Waals surface area contributed by atoms with Crippen molar-refractivity contribution in [3.63, 3.8) is 0 Å². The van der Waals surface area contributed by atoms with Crippen LogP contribution >= 0.6 is 0 Å². The van der Waals surface area contributed by atoms with E-state index in [0.29, 0.717) is 6.54 Å². The fourth-order valence-corrected chi connectivity index (χ4v) is 4.89. The molecule has 0 bridgehead atoms. The molecule has 2 saturated heterocycles. The van der Waals surface area contributed by atoms with Crippen LogP contribution in [0.3, 0.4) is 0 Å². The van der Waals surface area contributed by atoms with E-state index in [2.05, 4.69) is 10.2 Å². The number of carbonyl (C=O) groups is 2. The molecule has 4 atom stereocenters. The number of carbonyl (C=O) groups excluding carboxylic acids is 2. The minimum absolute atomic E-state index is 0.0184. The SMILES string of the molecule is CC(=O)OC(C)C(=O)NCc1ccc(C2OC(CN3CCCCC3)CC(c3ccc(CO)cc3)O2)cc1. The maximum absolute atomic E-state index is 12.1. The molecule has 0 saturated carbocycles. The number of piperidine rings is 1. The number of likely N-dealkylation sites (tertiary alicyclic amines) is 1. The molecule has 2 aromatic rings. The molecular formula is C29H38N2O6. The van der Waals surface area contributed by atoms with E-state index in [9.17, 15) is 14.7 Å². The van der Waals surface area contributed by atoms with Crippen molar-refractivity contribution in [2.24, 2.45) is 0 Å². The van der Waals surface area contributed by atoms with Crippen molar-refractivity contribution < 1.29 is 28.9 Å². The molecule has 2 aromatic carbocycles. The molecule has 0 radical (unpaired) electrons. The van der Waals surface area contributed by atoms with Crippen molar-refractivity contribution in [1.82, 2.24) is 10.2 Å². The number of aliphatic hydroxyl groups excluding tert-OH is 1. The van der Waals surface area contributed by atoms with Crippen molar-refractivity contribution in [1.29, 1.82) is 0 Å². The lowest BCUT2D eigenvalue weighted by Crippen LogP contribution is -2.41. The molecule has 2 aliphatic rings. The Morgan fingerprint density at radius 2 is 1.65 bits per heavy atom. The Bertz CT molecular complexity index is 1020. The highest BCUT2D eigenvalue weighted by Gasteiger charge is 2.33. The zero-order valence-corrected chi connectivity index (χ0v) is 21.7. The summed E-state index contributed by atoms with van der Waals surface area (Å²) in [4.78, 5) is 25.7. The van der Waals surface area contributed by atoms with Crippen LogP contribution in [0.5, 0.6) is 0 Å². The Morgan fingerprint density at radius 1 is 1.00 bits per heavy atom. The van der Waals surface area contributed by atoms with Crippen LogP contribution in [0.25, 0.3) is 0 Å². The molecule has 4 rings (SSSR count). The van der Waals surface area contributed by atoms with Gasteiger partial charge in [-0.15, -0.1) is 0 Å². The Morgan fingerprint density at radius 3 is 2.30 bits per heavy atom. The van der Waals surface area contributed by atoms with E-state index in [1.807, 2.05) is 48.5 Å². The van der Waals surface area contributed by atoms with Gasteiger partial charge in [0.2, 0.25) is 0 Å². The van der Waals surface area contributed by atoms with Crippen LogP contribution in [0.2, 0.25) is 0 Å². The Balaban J connectivity index is 1.42. The van der Waals surface area contributed by atoms with Crippen LogP contribution in [0.1, 0.15) is 74.2 Å². The first-order valence-corrected chi connectivity index (χ1v) is 13.2. The van der Waals surface area contributed by atoms with Crippen molar-refractivity contribution in [3.8, 4) is 0 Å². The number of benzene rings is 2. The first kappa shape index (κ1) is 27.3. The third-order valence-electron chi connectivity index (χ3n) is 6.96. The summed E-state index contributed by atoms with van der Waals surface area (Å²) < 4.78 is 17.8. The Hall–Kier alpha value is -2.78. The van der Waals surface area contributed by atoms with Gasteiger partial charge in [0.25, 0.3) is 5.91 Å². The van der Waals surface area contributed by atoms with Crippen molar-refractivity contribution in [3.05, 3.63) is 70.8 Å². The summed E-state index contributed by atoms with van der Waals surface area (Å²) in [6, 6.07) is 15.8. The molecule has 0 spiro atoms. The first-order chi connectivity index (χ1) is 17.9. The zero-order valence-electron chi connectivity index (χ0n) is 21.7. The summed E-state index contributed by atoms with van der Waals surface area (Å²) in [5, 5.41) is 12.2. The molecule has 2 fully saturated rings. The van der Waals surface area contributed by atoms with Gasteiger partial charge in [0.15, 0.2) is 12.4 Å². The van der Waals surface area contributed by atoms with Gasteiger partial charge in [-0.05, 0) is 49.5 Å². The van der Waals surface area contributed by atoms with Crippen LogP contribution in [-0.2, 0) is 37.0 Å². The predicted octanol–water partition coefficient (Wildman–Crippen LogP) is 3.78. The van der Waals surface area contributed by atoms with Crippen molar-refractivity contribution in [2.45, 2.75) is 77.3 Å². The molecule has 1 amide bonds. The average Bonchev–Trinajstić information content (AvgIpc) is 2.92. The predicted molar refractivity (Wildman–Crippen MR) is 138 cm³/mol. The normalized spacial score (nSPS) is 23.3. The number of nitrogens with zero attached hydrogens (tertiary/aromatic N) is 1. The van der Waals surface area contributed by atoms with Crippen LogP contribution in [0.4, 0.5) is 0 Å². The van der Waals surface area contributed by atoms with Gasteiger partial charge in [0.1, 0.15) is 0 Å². The van der Waals surface area contributed by atoms with Gasteiger partial charge in [0.05, 0.1) is 18.8 Å². The molecule has 4 unspecified atom stereocenters. The van der Waals surface area contributed by atoms with E-state index in [-0.39, 0.29) is 24.7 Å². The number of esters is 1. The minimum atomic E-state index is -0.832. The third-order valence-corrected chi connectivity index (χ3v) is 6.96. The van der Waals surface area contributed by atoms with Crippen LogP contribution in [-0.4, -0.2) is 53.7 Å². The number of aliphatic hydroxyl groups is 1. The lowest BCUT2D eigenvalue weighted by Gasteiger charge is -2.39. The summed E-state index contributed by atoms with van der Waals surface area (Å²) in [5.41, 5.74) is 3.80. The maximum Gasteiger partial charge on any atom is 0.303 e. The summed E-state index contributed by atoms with van der Waals surface area (Å²) in [7, 11) is 0. The summed E-state index contributed by atoms with van der Waals surface area (Å²) in [6.07, 6.45) is 3.13. The largest absolute Gasteiger partial charge is 0.453 e. The second-order valence-electron chi connectivity index (χ2n) is 9.92. The second kappa shape index (κ2) is 13.1. The second-order valence-corrected chi connectivity index (χ2v) is 9.92. The van der Waals surface area contributed by atoms with Crippen molar-refractivity contribution >= 4 is 11.9 Å². The number of hydrogen-bond acceptors (Lipinski definition) is 7. The van der Waals surface area contributed by atoms with Crippen LogP contribution < -0.4 is 5.32 Å². The van der Waals surface area contributed by atoms with Gasteiger partial charge in [0, 0.05) is 32.0 Å². The molecule has 0 aliphatic carbocycles. The number of hydrogen-bond donors (Lipinski definition) is 2. The Kier molecular flexibility index (Phi) is 9.68. The molecule has 2 heterocycles. The fraction of sp³-hybridized carbons (Fsp3) is 0.517. The summed E-state index contributed by atoms with van der Waals surface area (Å²) in [6.45, 7) is 6.28. The molecule has 8 heteroatoms. The number of ether oxygens (including phenoxy) is 3. The number of amides is 1. The van der Waals surface area contributed by atoms with Gasteiger partial charge in [-0.2, -0.15) is 0 Å². The van der Waals surface area contributed by atoms with E-state index < -0.39 is 18.4 Å². The molecule has 2 N–H and O–H groups in total. The lowest BCUT2D eigenvalue weighted by atomic mass is 9.99. The Labute approximate surface area is 218 Å². The molecule has 8 nitrogen and oxygen atoms in total. The van der Waals surface area contributed by atoms with Gasteiger partial charge in [-0.1, -0.05) is 55.0 Å². The molecule has 200 valence electrons. The molecular weight excluding hydrogens is 472 g/mol. The van der Waals surface area contributed by atoms with Gasteiger partial charge in [-0.25, -0.2) is 0 Å². The van der Waals surface area contributed by atoms with Crippen molar-refractivity contribution in [2.75, 3.05) is 19.6 Å².